The molecule has 1 N–H and O–H groups in total. The third kappa shape index (κ3) is 4.79. The first-order valence-electron chi connectivity index (χ1n) is 7.22. The van der Waals surface area contributed by atoms with Crippen LogP contribution in [0.15, 0.2) is 18.3 Å². The van der Waals surface area contributed by atoms with E-state index in [2.05, 4.69) is 53.1 Å². The summed E-state index contributed by atoms with van der Waals surface area (Å²) in [7, 11) is 2.22. The van der Waals surface area contributed by atoms with Gasteiger partial charge in [-0.2, -0.15) is 11.8 Å². The highest BCUT2D eigenvalue weighted by molar-refractivity contribution is 7.99. The van der Waals surface area contributed by atoms with Crippen LogP contribution in [-0.4, -0.2) is 41.0 Å². The number of rotatable bonds is 7. The van der Waals surface area contributed by atoms with E-state index in [0.29, 0.717) is 0 Å². The van der Waals surface area contributed by atoms with E-state index >= 15 is 0 Å². The highest BCUT2D eigenvalue weighted by Gasteiger charge is 2.20. The van der Waals surface area contributed by atoms with Gasteiger partial charge >= 0.3 is 0 Å². The van der Waals surface area contributed by atoms with E-state index < -0.39 is 0 Å². The number of thioether (sulfide) groups is 1. The second-order valence-corrected chi connectivity index (χ2v) is 6.42. The van der Waals surface area contributed by atoms with Crippen LogP contribution in [0.2, 0.25) is 0 Å². The lowest BCUT2D eigenvalue weighted by molar-refractivity contribution is 0.251. The van der Waals surface area contributed by atoms with Gasteiger partial charge < -0.3 is 5.32 Å². The largest absolute Gasteiger partial charge is 0.313 e. The summed E-state index contributed by atoms with van der Waals surface area (Å²) in [6, 6.07) is 5.10. The lowest BCUT2D eigenvalue weighted by Crippen LogP contribution is -2.31. The van der Waals surface area contributed by atoms with Crippen LogP contribution in [0.25, 0.3) is 0 Å². The normalized spacial score (nSPS) is 19.2. The molecule has 0 aliphatic carbocycles. The Hall–Kier alpha value is -0.580. The Morgan fingerprint density at radius 2 is 2.37 bits per heavy atom. The van der Waals surface area contributed by atoms with Crippen molar-refractivity contribution in [2.75, 3.05) is 25.1 Å². The van der Waals surface area contributed by atoms with Gasteiger partial charge in [-0.05, 0) is 43.8 Å². The van der Waals surface area contributed by atoms with Gasteiger partial charge in [0.15, 0.2) is 0 Å². The van der Waals surface area contributed by atoms with Crippen molar-refractivity contribution in [1.29, 1.82) is 0 Å². The molecule has 0 radical (unpaired) electrons. The van der Waals surface area contributed by atoms with Gasteiger partial charge in [0.05, 0.1) is 5.69 Å². The van der Waals surface area contributed by atoms with Crippen LogP contribution in [0.3, 0.4) is 0 Å². The molecule has 0 bridgehead atoms. The number of hydrogen-bond acceptors (Lipinski definition) is 4. The van der Waals surface area contributed by atoms with Crippen molar-refractivity contribution in [3.05, 3.63) is 29.6 Å². The molecule has 4 heteroatoms. The Morgan fingerprint density at radius 1 is 1.47 bits per heavy atom. The van der Waals surface area contributed by atoms with Crippen LogP contribution in [-0.2, 0) is 13.1 Å². The molecule has 1 unspecified atom stereocenters. The molecule has 0 aromatic carbocycles. The summed E-state index contributed by atoms with van der Waals surface area (Å²) in [6.07, 6.45) is 4.51. The average Bonchev–Trinajstić information content (AvgIpc) is 2.95. The molecular formula is C15H25N3S. The molecule has 1 fully saturated rings. The molecule has 0 saturated carbocycles. The Labute approximate surface area is 121 Å². The molecule has 1 aliphatic heterocycles. The molecule has 1 saturated heterocycles. The van der Waals surface area contributed by atoms with Crippen LogP contribution in [0, 0.1) is 0 Å². The van der Waals surface area contributed by atoms with Crippen molar-refractivity contribution in [2.45, 2.75) is 38.9 Å². The first-order valence-corrected chi connectivity index (χ1v) is 8.37. The van der Waals surface area contributed by atoms with E-state index in [1.54, 1.807) is 0 Å². The van der Waals surface area contributed by atoms with Crippen LogP contribution >= 0.6 is 11.8 Å². The Kier molecular flexibility index (Phi) is 6.14. The van der Waals surface area contributed by atoms with E-state index in [4.69, 9.17) is 0 Å². The second kappa shape index (κ2) is 7.88. The SMILES string of the molecule is CCCNCc1ccc(CN(C)C2CCSC2)nc1. The summed E-state index contributed by atoms with van der Waals surface area (Å²) in [5.74, 6) is 2.58. The number of nitrogens with one attached hydrogen (secondary N) is 1. The molecule has 3 nitrogen and oxygen atoms in total. The standard InChI is InChI=1S/C15H25N3S/c1-3-7-16-9-13-4-5-14(17-10-13)11-18(2)15-6-8-19-12-15/h4-5,10,15-16H,3,6-9,11-12H2,1-2H3. The zero-order valence-electron chi connectivity index (χ0n) is 12.1. The maximum Gasteiger partial charge on any atom is 0.0544 e. The number of nitrogens with zero attached hydrogens (tertiary/aromatic N) is 2. The van der Waals surface area contributed by atoms with Crippen LogP contribution < -0.4 is 5.32 Å². The minimum Gasteiger partial charge on any atom is -0.313 e. The van der Waals surface area contributed by atoms with E-state index in [1.807, 2.05) is 6.20 Å². The molecule has 0 amide bonds. The lowest BCUT2D eigenvalue weighted by Gasteiger charge is -2.22. The first kappa shape index (κ1) is 14.8. The van der Waals surface area contributed by atoms with Gasteiger partial charge in [-0.15, -0.1) is 0 Å². The number of aromatic nitrogens is 1. The van der Waals surface area contributed by atoms with E-state index in [0.717, 1.165) is 25.7 Å². The summed E-state index contributed by atoms with van der Waals surface area (Å²) in [5.41, 5.74) is 2.45. The molecule has 1 atom stereocenters. The molecule has 2 heterocycles. The highest BCUT2D eigenvalue weighted by atomic mass is 32.2. The summed E-state index contributed by atoms with van der Waals surface area (Å²) < 4.78 is 0. The summed E-state index contributed by atoms with van der Waals surface area (Å²) in [6.45, 7) is 5.15. The smallest absolute Gasteiger partial charge is 0.0544 e. The number of pyridine rings is 1. The van der Waals surface area contributed by atoms with Gasteiger partial charge in [0, 0.05) is 31.1 Å². The fourth-order valence-corrected chi connectivity index (χ4v) is 3.62. The molecule has 1 aromatic heterocycles. The lowest BCUT2D eigenvalue weighted by atomic mass is 10.2. The third-order valence-corrected chi connectivity index (χ3v) is 4.73. The summed E-state index contributed by atoms with van der Waals surface area (Å²) >= 11 is 2.06. The molecular weight excluding hydrogens is 254 g/mol. The first-order chi connectivity index (χ1) is 9.29. The highest BCUT2D eigenvalue weighted by Crippen LogP contribution is 2.22. The van der Waals surface area contributed by atoms with Crippen LogP contribution in [0.5, 0.6) is 0 Å². The Balaban J connectivity index is 1.80. The van der Waals surface area contributed by atoms with E-state index in [1.165, 1.54) is 35.6 Å². The average molecular weight is 279 g/mol. The molecule has 106 valence electrons. The van der Waals surface area contributed by atoms with Crippen molar-refractivity contribution >= 4 is 11.8 Å². The zero-order chi connectivity index (χ0) is 13.5. The minimum atomic E-state index is 0.734. The summed E-state index contributed by atoms with van der Waals surface area (Å²) in [5, 5.41) is 3.40. The van der Waals surface area contributed by atoms with Gasteiger partial charge in [0.1, 0.15) is 0 Å². The molecule has 1 aromatic rings. The molecule has 0 spiro atoms. The summed E-state index contributed by atoms with van der Waals surface area (Å²) in [4.78, 5) is 7.02. The fraction of sp³-hybridized carbons (Fsp3) is 0.667. The molecule has 19 heavy (non-hydrogen) atoms. The van der Waals surface area contributed by atoms with Crippen molar-refractivity contribution < 1.29 is 0 Å². The van der Waals surface area contributed by atoms with Crippen molar-refractivity contribution in [1.82, 2.24) is 15.2 Å². The van der Waals surface area contributed by atoms with Gasteiger partial charge in [0.25, 0.3) is 0 Å². The monoisotopic (exact) mass is 279 g/mol. The fourth-order valence-electron chi connectivity index (χ4n) is 2.32. The van der Waals surface area contributed by atoms with Crippen molar-refractivity contribution in [3.63, 3.8) is 0 Å². The molecule has 1 aliphatic rings. The Morgan fingerprint density at radius 3 is 3.00 bits per heavy atom. The maximum absolute atomic E-state index is 4.58. The second-order valence-electron chi connectivity index (χ2n) is 5.27. The van der Waals surface area contributed by atoms with Gasteiger partial charge in [-0.25, -0.2) is 0 Å². The van der Waals surface area contributed by atoms with Gasteiger partial charge in [0.2, 0.25) is 0 Å². The van der Waals surface area contributed by atoms with Crippen LogP contribution in [0.1, 0.15) is 31.0 Å². The molecule has 2 rings (SSSR count). The van der Waals surface area contributed by atoms with Crippen molar-refractivity contribution in [3.8, 4) is 0 Å². The van der Waals surface area contributed by atoms with Crippen LogP contribution in [0.4, 0.5) is 0 Å². The van der Waals surface area contributed by atoms with Gasteiger partial charge in [-0.1, -0.05) is 13.0 Å². The number of hydrogen-bond donors (Lipinski definition) is 1. The minimum absolute atomic E-state index is 0.734. The van der Waals surface area contributed by atoms with Crippen molar-refractivity contribution in [2.24, 2.45) is 0 Å². The third-order valence-electron chi connectivity index (χ3n) is 3.58. The van der Waals surface area contributed by atoms with E-state index in [-0.39, 0.29) is 0 Å². The predicted octanol–water partition coefficient (Wildman–Crippen LogP) is 2.52. The van der Waals surface area contributed by atoms with E-state index in [9.17, 15) is 0 Å². The zero-order valence-corrected chi connectivity index (χ0v) is 12.9. The Bertz CT molecular complexity index is 360. The quantitative estimate of drug-likeness (QED) is 0.776. The predicted molar refractivity (Wildman–Crippen MR) is 83.4 cm³/mol. The topological polar surface area (TPSA) is 28.2 Å². The maximum atomic E-state index is 4.58. The van der Waals surface area contributed by atoms with Gasteiger partial charge in [-0.3, -0.25) is 9.88 Å².